The number of rotatable bonds is 8. The first kappa shape index (κ1) is 16.6. The zero-order chi connectivity index (χ0) is 15.1. The maximum atomic E-state index is 9.08. The average Bonchev–Trinajstić information content (AvgIpc) is 2.95. The number of anilines is 1. The Hall–Kier alpha value is -0.770. The maximum absolute atomic E-state index is 9.08. The first-order valence-corrected chi connectivity index (χ1v) is 8.51. The molecule has 0 radical (unpaired) electrons. The van der Waals surface area contributed by atoms with Crippen LogP contribution in [0.15, 0.2) is 18.2 Å². The molecule has 1 aliphatic heterocycles. The van der Waals surface area contributed by atoms with Crippen molar-refractivity contribution < 1.29 is 5.11 Å². The van der Waals surface area contributed by atoms with Crippen LogP contribution in [0.25, 0.3) is 0 Å². The van der Waals surface area contributed by atoms with Gasteiger partial charge in [0.15, 0.2) is 0 Å². The van der Waals surface area contributed by atoms with Crippen molar-refractivity contribution in [3.8, 4) is 0 Å². The zero-order valence-corrected chi connectivity index (χ0v) is 13.7. The Bertz CT molecular complexity index is 439. The number of halogens is 1. The van der Waals surface area contributed by atoms with Crippen molar-refractivity contribution in [2.75, 3.05) is 24.6 Å². The van der Waals surface area contributed by atoms with Gasteiger partial charge in [-0.05, 0) is 50.8 Å². The summed E-state index contributed by atoms with van der Waals surface area (Å²) >= 11 is 6.43. The summed E-state index contributed by atoms with van der Waals surface area (Å²) in [6.45, 7) is 5.39. The molecule has 1 atom stereocenters. The zero-order valence-electron chi connectivity index (χ0n) is 12.9. The third-order valence-corrected chi connectivity index (χ3v) is 4.56. The van der Waals surface area contributed by atoms with Crippen molar-refractivity contribution >= 4 is 17.3 Å². The Labute approximate surface area is 133 Å². The largest absolute Gasteiger partial charge is 0.396 e. The van der Waals surface area contributed by atoms with Gasteiger partial charge < -0.3 is 15.3 Å². The molecule has 1 unspecified atom stereocenters. The summed E-state index contributed by atoms with van der Waals surface area (Å²) in [4.78, 5) is 2.49. The summed E-state index contributed by atoms with van der Waals surface area (Å²) in [6.07, 6.45) is 5.51. The topological polar surface area (TPSA) is 35.5 Å². The van der Waals surface area contributed by atoms with E-state index in [9.17, 15) is 0 Å². The molecule has 0 aliphatic carbocycles. The van der Waals surface area contributed by atoms with E-state index in [-0.39, 0.29) is 6.61 Å². The standard InChI is InChI=1S/C17H27ClN2O/c1-2-10-19-13-15-16(18)8-3-9-17(15)20-11-4-6-14(20)7-5-12-21/h3,8-9,14,19,21H,2,4-7,10-13H2,1H3. The molecule has 3 nitrogen and oxygen atoms in total. The number of aliphatic hydroxyl groups is 1. The van der Waals surface area contributed by atoms with Gasteiger partial charge in [-0.1, -0.05) is 24.6 Å². The fourth-order valence-electron chi connectivity index (χ4n) is 3.16. The lowest BCUT2D eigenvalue weighted by Gasteiger charge is -2.29. The summed E-state index contributed by atoms with van der Waals surface area (Å²) in [5, 5.41) is 13.4. The number of nitrogens with one attached hydrogen (secondary N) is 1. The highest BCUT2D eigenvalue weighted by atomic mass is 35.5. The summed E-state index contributed by atoms with van der Waals surface area (Å²) < 4.78 is 0. The van der Waals surface area contributed by atoms with E-state index in [1.165, 1.54) is 24.1 Å². The molecule has 0 saturated carbocycles. The van der Waals surface area contributed by atoms with E-state index in [2.05, 4.69) is 23.2 Å². The molecular formula is C17H27ClN2O. The highest BCUT2D eigenvalue weighted by molar-refractivity contribution is 6.31. The van der Waals surface area contributed by atoms with Crippen LogP contribution in [0.2, 0.25) is 5.02 Å². The molecule has 1 fully saturated rings. The Morgan fingerprint density at radius 1 is 1.43 bits per heavy atom. The normalized spacial score (nSPS) is 18.4. The third-order valence-electron chi connectivity index (χ3n) is 4.20. The molecule has 4 heteroatoms. The lowest BCUT2D eigenvalue weighted by molar-refractivity contribution is 0.279. The molecule has 1 aromatic carbocycles. The van der Waals surface area contributed by atoms with Crippen LogP contribution in [0, 0.1) is 0 Å². The second-order valence-corrected chi connectivity index (χ2v) is 6.18. The fourth-order valence-corrected chi connectivity index (χ4v) is 3.40. The summed E-state index contributed by atoms with van der Waals surface area (Å²) in [5.74, 6) is 0. The molecule has 0 spiro atoms. The van der Waals surface area contributed by atoms with E-state index in [0.29, 0.717) is 6.04 Å². The van der Waals surface area contributed by atoms with Crippen LogP contribution in [-0.4, -0.2) is 30.8 Å². The molecule has 1 saturated heterocycles. The molecule has 0 bridgehead atoms. The molecule has 21 heavy (non-hydrogen) atoms. The van der Waals surface area contributed by atoms with E-state index >= 15 is 0 Å². The predicted octanol–water partition coefficient (Wildman–Crippen LogP) is 3.58. The first-order chi connectivity index (χ1) is 10.3. The van der Waals surface area contributed by atoms with Crippen molar-refractivity contribution in [2.24, 2.45) is 0 Å². The molecule has 118 valence electrons. The Balaban J connectivity index is 2.15. The molecule has 1 aliphatic rings. The average molecular weight is 311 g/mol. The van der Waals surface area contributed by atoms with Gasteiger partial charge in [-0.2, -0.15) is 0 Å². The molecule has 2 N–H and O–H groups in total. The van der Waals surface area contributed by atoms with Crippen molar-refractivity contribution in [1.29, 1.82) is 0 Å². The Morgan fingerprint density at radius 2 is 2.29 bits per heavy atom. The summed E-state index contributed by atoms with van der Waals surface area (Å²) in [7, 11) is 0. The van der Waals surface area contributed by atoms with Gasteiger partial charge in [0.1, 0.15) is 0 Å². The third kappa shape index (κ3) is 4.35. The lowest BCUT2D eigenvalue weighted by atomic mass is 10.1. The smallest absolute Gasteiger partial charge is 0.0471 e. The predicted molar refractivity (Wildman–Crippen MR) is 90.1 cm³/mol. The molecule has 2 rings (SSSR count). The highest BCUT2D eigenvalue weighted by Crippen LogP contribution is 2.34. The maximum Gasteiger partial charge on any atom is 0.0471 e. The van der Waals surface area contributed by atoms with E-state index in [4.69, 9.17) is 16.7 Å². The number of hydrogen-bond acceptors (Lipinski definition) is 3. The van der Waals surface area contributed by atoms with Crippen LogP contribution in [0.5, 0.6) is 0 Å². The first-order valence-electron chi connectivity index (χ1n) is 8.13. The second kappa shape index (κ2) is 8.62. The van der Waals surface area contributed by atoms with Crippen LogP contribution in [-0.2, 0) is 6.54 Å². The second-order valence-electron chi connectivity index (χ2n) is 5.77. The van der Waals surface area contributed by atoms with Crippen molar-refractivity contribution in [1.82, 2.24) is 5.32 Å². The van der Waals surface area contributed by atoms with Gasteiger partial charge in [-0.3, -0.25) is 0 Å². The lowest BCUT2D eigenvalue weighted by Crippen LogP contribution is -2.31. The molecule has 1 aromatic rings. The number of aliphatic hydroxyl groups excluding tert-OH is 1. The van der Waals surface area contributed by atoms with E-state index in [1.807, 2.05) is 12.1 Å². The SMILES string of the molecule is CCCNCc1c(Cl)cccc1N1CCCC1CCCO. The minimum atomic E-state index is 0.283. The van der Waals surface area contributed by atoms with Gasteiger partial charge in [0, 0.05) is 42.0 Å². The van der Waals surface area contributed by atoms with E-state index < -0.39 is 0 Å². The van der Waals surface area contributed by atoms with Gasteiger partial charge in [-0.25, -0.2) is 0 Å². The minimum absolute atomic E-state index is 0.283. The molecule has 1 heterocycles. The molecule has 0 aromatic heterocycles. The molecule has 0 amide bonds. The Kier molecular flexibility index (Phi) is 6.81. The Morgan fingerprint density at radius 3 is 3.05 bits per heavy atom. The van der Waals surface area contributed by atoms with Crippen LogP contribution in [0.3, 0.4) is 0 Å². The monoisotopic (exact) mass is 310 g/mol. The number of nitrogens with zero attached hydrogens (tertiary/aromatic N) is 1. The summed E-state index contributed by atoms with van der Waals surface area (Å²) in [5.41, 5.74) is 2.48. The minimum Gasteiger partial charge on any atom is -0.396 e. The number of hydrogen-bond donors (Lipinski definition) is 2. The van der Waals surface area contributed by atoms with Gasteiger partial charge in [0.05, 0.1) is 0 Å². The highest BCUT2D eigenvalue weighted by Gasteiger charge is 2.26. The van der Waals surface area contributed by atoms with Gasteiger partial charge in [-0.15, -0.1) is 0 Å². The van der Waals surface area contributed by atoms with Gasteiger partial charge in [0.2, 0.25) is 0 Å². The van der Waals surface area contributed by atoms with Crippen molar-refractivity contribution in [3.63, 3.8) is 0 Å². The number of benzene rings is 1. The van der Waals surface area contributed by atoms with Crippen LogP contribution >= 0.6 is 11.6 Å². The van der Waals surface area contributed by atoms with Crippen LogP contribution in [0.1, 0.15) is 44.6 Å². The van der Waals surface area contributed by atoms with Crippen molar-refractivity contribution in [3.05, 3.63) is 28.8 Å². The van der Waals surface area contributed by atoms with Gasteiger partial charge >= 0.3 is 0 Å². The van der Waals surface area contributed by atoms with Crippen molar-refractivity contribution in [2.45, 2.75) is 51.6 Å². The van der Waals surface area contributed by atoms with Crippen LogP contribution < -0.4 is 10.2 Å². The van der Waals surface area contributed by atoms with E-state index in [0.717, 1.165) is 43.9 Å². The summed E-state index contributed by atoms with van der Waals surface area (Å²) in [6, 6.07) is 6.75. The quantitative estimate of drug-likeness (QED) is 0.720. The fraction of sp³-hybridized carbons (Fsp3) is 0.647. The molecular weight excluding hydrogens is 284 g/mol. The van der Waals surface area contributed by atoms with E-state index in [1.54, 1.807) is 0 Å². The van der Waals surface area contributed by atoms with Crippen LogP contribution in [0.4, 0.5) is 5.69 Å². The van der Waals surface area contributed by atoms with Gasteiger partial charge in [0.25, 0.3) is 0 Å².